The van der Waals surface area contributed by atoms with Gasteiger partial charge in [0.2, 0.25) is 0 Å². The van der Waals surface area contributed by atoms with Gasteiger partial charge in [-0.25, -0.2) is 10.0 Å². The largest absolute Gasteiger partial charge is 0.495 e. The molecule has 0 fully saturated rings. The number of carbonyl (C=O) groups excluding carboxylic acids is 1. The topological polar surface area (TPSA) is 32.8 Å². The van der Waals surface area contributed by atoms with E-state index >= 15 is 0 Å². The second kappa shape index (κ2) is 8.07. The summed E-state index contributed by atoms with van der Waals surface area (Å²) in [6.45, 7) is 0.358. The second-order valence-corrected chi connectivity index (χ2v) is 7.70. The Bertz CT molecular complexity index is 1060. The van der Waals surface area contributed by atoms with Crippen molar-refractivity contribution in [2.75, 3.05) is 19.2 Å². The van der Waals surface area contributed by atoms with Crippen LogP contribution in [-0.2, 0) is 11.3 Å². The Morgan fingerprint density at radius 2 is 1.69 bits per heavy atom. The summed E-state index contributed by atoms with van der Waals surface area (Å²) in [6, 6.07) is 21.2. The highest BCUT2D eigenvalue weighted by atomic mass is 35.5. The van der Waals surface area contributed by atoms with E-state index in [-0.39, 0.29) is 11.8 Å². The number of hydrogen-bond donors (Lipinski definition) is 0. The molecule has 0 saturated heterocycles. The zero-order chi connectivity index (χ0) is 20.5. The number of benzene rings is 3. The molecule has 0 saturated carbocycles. The quantitative estimate of drug-likeness (QED) is 0.537. The molecule has 1 aliphatic heterocycles. The van der Waals surface area contributed by atoms with Crippen LogP contribution in [0.2, 0.25) is 10.0 Å². The van der Waals surface area contributed by atoms with Crippen molar-refractivity contribution in [2.24, 2.45) is 0 Å². The molecule has 1 heterocycles. The third-order valence-corrected chi connectivity index (χ3v) is 5.93. The number of fused-ring (bicyclic) bond motifs is 1. The fourth-order valence-corrected chi connectivity index (χ4v) is 4.36. The fourth-order valence-electron chi connectivity index (χ4n) is 3.80. The lowest BCUT2D eigenvalue weighted by Gasteiger charge is -2.30. The maximum Gasteiger partial charge on any atom is 0.253 e. The predicted molar refractivity (Wildman–Crippen MR) is 117 cm³/mol. The van der Waals surface area contributed by atoms with Gasteiger partial charge in [0.25, 0.3) is 5.91 Å². The van der Waals surface area contributed by atoms with Gasteiger partial charge in [0, 0.05) is 24.2 Å². The first-order valence-corrected chi connectivity index (χ1v) is 9.98. The van der Waals surface area contributed by atoms with E-state index in [4.69, 9.17) is 27.9 Å². The molecule has 0 spiro atoms. The van der Waals surface area contributed by atoms with Crippen LogP contribution in [0.25, 0.3) is 0 Å². The smallest absolute Gasteiger partial charge is 0.253 e. The number of nitrogens with zero attached hydrogens (tertiary/aromatic N) is 2. The average molecular weight is 427 g/mol. The number of anilines is 1. The third kappa shape index (κ3) is 3.48. The van der Waals surface area contributed by atoms with E-state index in [2.05, 4.69) is 0 Å². The first-order valence-electron chi connectivity index (χ1n) is 9.22. The van der Waals surface area contributed by atoms with E-state index in [1.807, 2.05) is 66.7 Å². The molecule has 0 bridgehead atoms. The van der Waals surface area contributed by atoms with Crippen molar-refractivity contribution in [3.63, 3.8) is 0 Å². The molecule has 1 atom stereocenters. The molecule has 3 aromatic rings. The first kappa shape index (κ1) is 19.8. The van der Waals surface area contributed by atoms with Crippen LogP contribution in [0.3, 0.4) is 0 Å². The van der Waals surface area contributed by atoms with E-state index in [0.29, 0.717) is 27.9 Å². The lowest BCUT2D eigenvalue weighted by atomic mass is 9.93. The van der Waals surface area contributed by atoms with Crippen molar-refractivity contribution in [3.8, 4) is 5.75 Å². The maximum atomic E-state index is 13.5. The summed E-state index contributed by atoms with van der Waals surface area (Å²) < 4.78 is 5.31. The Labute approximate surface area is 180 Å². The molecule has 6 heteroatoms. The molecule has 1 amide bonds. The fraction of sp³-hybridized carbons (Fsp3) is 0.174. The molecule has 0 aliphatic carbocycles. The summed E-state index contributed by atoms with van der Waals surface area (Å²) in [7, 11) is 3.42. The summed E-state index contributed by atoms with van der Waals surface area (Å²) >= 11 is 12.9. The standard InChI is InChI=1S/C23H20Cl2N2O2/c1-26(14-17-18(24)12-13-20(29-2)22(17)25)27-19-11-7-6-10-16(19)21(23(27)28)15-8-4-3-5-9-15/h3-13,21H,14H2,1-2H3/t21-/m1/s1. The SMILES string of the molecule is COc1ccc(Cl)c(CN(C)N2C(=O)[C@H](c3ccccc3)c3ccccc32)c1Cl. The Morgan fingerprint density at radius 1 is 1.00 bits per heavy atom. The number of rotatable bonds is 5. The van der Waals surface area contributed by atoms with Crippen molar-refractivity contribution in [1.82, 2.24) is 5.01 Å². The molecule has 0 radical (unpaired) electrons. The number of carbonyl (C=O) groups is 1. The van der Waals surface area contributed by atoms with E-state index < -0.39 is 0 Å². The van der Waals surface area contributed by atoms with Gasteiger partial charge in [0.15, 0.2) is 0 Å². The minimum absolute atomic E-state index is 0.00459. The lowest BCUT2D eigenvalue weighted by molar-refractivity contribution is -0.121. The van der Waals surface area contributed by atoms with Crippen molar-refractivity contribution in [2.45, 2.75) is 12.5 Å². The number of amides is 1. The summed E-state index contributed by atoms with van der Waals surface area (Å²) in [5.41, 5.74) is 3.53. The predicted octanol–water partition coefficient (Wildman–Crippen LogP) is 5.53. The Hall–Kier alpha value is -2.53. The van der Waals surface area contributed by atoms with Crippen LogP contribution in [-0.4, -0.2) is 25.1 Å². The van der Waals surface area contributed by atoms with Crippen LogP contribution in [0.4, 0.5) is 5.69 Å². The van der Waals surface area contributed by atoms with Gasteiger partial charge in [-0.05, 0) is 29.3 Å². The molecule has 1 aliphatic rings. The maximum absolute atomic E-state index is 13.5. The Morgan fingerprint density at radius 3 is 2.41 bits per heavy atom. The number of halogens is 2. The van der Waals surface area contributed by atoms with Crippen LogP contribution < -0.4 is 9.75 Å². The number of methoxy groups -OCH3 is 1. The number of hydrazine groups is 1. The molecule has 3 aromatic carbocycles. The molecule has 0 unspecified atom stereocenters. The summed E-state index contributed by atoms with van der Waals surface area (Å²) in [5.74, 6) is 0.205. The number of hydrogen-bond acceptors (Lipinski definition) is 3. The summed E-state index contributed by atoms with van der Waals surface area (Å²) in [4.78, 5) is 13.5. The number of para-hydroxylation sites is 1. The molecular formula is C23H20Cl2N2O2. The highest BCUT2D eigenvalue weighted by molar-refractivity contribution is 6.37. The summed E-state index contributed by atoms with van der Waals surface area (Å²) in [6.07, 6.45) is 0. The molecule has 29 heavy (non-hydrogen) atoms. The second-order valence-electron chi connectivity index (χ2n) is 6.91. The monoisotopic (exact) mass is 426 g/mol. The molecule has 4 rings (SSSR count). The van der Waals surface area contributed by atoms with Gasteiger partial charge in [-0.3, -0.25) is 4.79 Å². The van der Waals surface area contributed by atoms with E-state index in [1.54, 1.807) is 24.3 Å². The zero-order valence-corrected chi connectivity index (χ0v) is 17.6. The molecular weight excluding hydrogens is 407 g/mol. The van der Waals surface area contributed by atoms with Gasteiger partial charge in [-0.2, -0.15) is 0 Å². The van der Waals surface area contributed by atoms with E-state index in [9.17, 15) is 4.79 Å². The molecule has 4 nitrogen and oxygen atoms in total. The summed E-state index contributed by atoms with van der Waals surface area (Å²) in [5, 5.41) is 4.53. The normalized spacial score (nSPS) is 15.7. The van der Waals surface area contributed by atoms with Crippen LogP contribution in [0.1, 0.15) is 22.6 Å². The molecule has 0 aromatic heterocycles. The Kier molecular flexibility index (Phi) is 5.50. The van der Waals surface area contributed by atoms with Gasteiger partial charge < -0.3 is 4.74 Å². The van der Waals surface area contributed by atoms with Crippen molar-refractivity contribution in [1.29, 1.82) is 0 Å². The highest BCUT2D eigenvalue weighted by Crippen LogP contribution is 2.42. The minimum atomic E-state index is -0.342. The van der Waals surface area contributed by atoms with Gasteiger partial charge in [0.1, 0.15) is 5.75 Å². The number of ether oxygens (including phenoxy) is 1. The average Bonchev–Trinajstić information content (AvgIpc) is 3.03. The van der Waals surface area contributed by atoms with Crippen molar-refractivity contribution >= 4 is 34.8 Å². The third-order valence-electron chi connectivity index (χ3n) is 5.16. The van der Waals surface area contributed by atoms with Crippen LogP contribution >= 0.6 is 23.2 Å². The minimum Gasteiger partial charge on any atom is -0.495 e. The highest BCUT2D eigenvalue weighted by Gasteiger charge is 2.40. The molecule has 0 N–H and O–H groups in total. The molecule has 148 valence electrons. The van der Waals surface area contributed by atoms with Crippen LogP contribution in [0.15, 0.2) is 66.7 Å². The van der Waals surface area contributed by atoms with Crippen LogP contribution in [0.5, 0.6) is 5.75 Å². The van der Waals surface area contributed by atoms with Gasteiger partial charge >= 0.3 is 0 Å². The van der Waals surface area contributed by atoms with Gasteiger partial charge in [-0.15, -0.1) is 0 Å². The zero-order valence-electron chi connectivity index (χ0n) is 16.1. The van der Waals surface area contributed by atoms with Crippen molar-refractivity contribution in [3.05, 3.63) is 93.5 Å². The van der Waals surface area contributed by atoms with Crippen LogP contribution in [0, 0.1) is 0 Å². The van der Waals surface area contributed by atoms with Gasteiger partial charge in [-0.1, -0.05) is 71.7 Å². The van der Waals surface area contributed by atoms with E-state index in [1.165, 1.54) is 0 Å². The Balaban J connectivity index is 1.71. The lowest BCUT2D eigenvalue weighted by Crippen LogP contribution is -2.42. The first-order chi connectivity index (χ1) is 14.0. The van der Waals surface area contributed by atoms with Crippen molar-refractivity contribution < 1.29 is 9.53 Å². The van der Waals surface area contributed by atoms with E-state index in [0.717, 1.165) is 16.8 Å². The van der Waals surface area contributed by atoms with Gasteiger partial charge in [0.05, 0.1) is 23.7 Å².